The van der Waals surface area contributed by atoms with E-state index in [0.717, 1.165) is 30.4 Å². The van der Waals surface area contributed by atoms with Gasteiger partial charge in [-0.2, -0.15) is 5.10 Å². The standard InChI is InChI=1S/C24H32N2O4/c1-5-6-9-14-29-22-13-12-19(15-23(22)28-4)16-25-26-24(27)17-30-21-11-8-7-10-20(21)18(2)3/h7-8,10-13,15-16,18H,5-6,9,14,17H2,1-4H3,(H,26,27)/b25-16+. The van der Waals surface area contributed by atoms with E-state index >= 15 is 0 Å². The number of nitrogens with one attached hydrogen (secondary N) is 1. The molecular weight excluding hydrogens is 380 g/mol. The van der Waals surface area contributed by atoms with Crippen molar-refractivity contribution in [3.8, 4) is 17.2 Å². The van der Waals surface area contributed by atoms with Crippen LogP contribution in [0.4, 0.5) is 0 Å². The van der Waals surface area contributed by atoms with Gasteiger partial charge in [-0.05, 0) is 47.7 Å². The summed E-state index contributed by atoms with van der Waals surface area (Å²) in [6.07, 6.45) is 4.86. The second kappa shape index (κ2) is 12.5. The number of hydrogen-bond acceptors (Lipinski definition) is 5. The van der Waals surface area contributed by atoms with Crippen molar-refractivity contribution in [2.45, 2.75) is 46.0 Å². The lowest BCUT2D eigenvalue weighted by molar-refractivity contribution is -0.123. The number of hydrazone groups is 1. The van der Waals surface area contributed by atoms with Gasteiger partial charge >= 0.3 is 0 Å². The van der Waals surface area contributed by atoms with Crippen molar-refractivity contribution in [1.29, 1.82) is 0 Å². The lowest BCUT2D eigenvalue weighted by Crippen LogP contribution is -2.24. The van der Waals surface area contributed by atoms with Gasteiger partial charge in [-0.3, -0.25) is 4.79 Å². The maximum absolute atomic E-state index is 12.0. The Morgan fingerprint density at radius 3 is 2.60 bits per heavy atom. The molecule has 6 nitrogen and oxygen atoms in total. The summed E-state index contributed by atoms with van der Waals surface area (Å²) in [5.41, 5.74) is 4.34. The molecule has 0 spiro atoms. The molecule has 0 heterocycles. The van der Waals surface area contributed by atoms with E-state index in [1.165, 1.54) is 0 Å². The van der Waals surface area contributed by atoms with Gasteiger partial charge in [0.25, 0.3) is 5.91 Å². The van der Waals surface area contributed by atoms with Gasteiger partial charge < -0.3 is 14.2 Å². The molecule has 2 rings (SSSR count). The number of benzene rings is 2. The van der Waals surface area contributed by atoms with Crippen LogP contribution in [0.2, 0.25) is 0 Å². The van der Waals surface area contributed by atoms with Gasteiger partial charge in [0.05, 0.1) is 19.9 Å². The Labute approximate surface area is 179 Å². The zero-order valence-corrected chi connectivity index (χ0v) is 18.3. The lowest BCUT2D eigenvalue weighted by atomic mass is 10.0. The van der Waals surface area contributed by atoms with Gasteiger partial charge in [-0.25, -0.2) is 5.43 Å². The number of carbonyl (C=O) groups is 1. The molecule has 0 aromatic heterocycles. The summed E-state index contributed by atoms with van der Waals surface area (Å²) in [4.78, 5) is 12.0. The summed E-state index contributed by atoms with van der Waals surface area (Å²) >= 11 is 0. The minimum Gasteiger partial charge on any atom is -0.493 e. The first-order chi connectivity index (χ1) is 14.5. The highest BCUT2D eigenvalue weighted by atomic mass is 16.5. The van der Waals surface area contributed by atoms with Gasteiger partial charge in [0.2, 0.25) is 0 Å². The molecule has 0 unspecified atom stereocenters. The molecular formula is C24H32N2O4. The van der Waals surface area contributed by atoms with Crippen molar-refractivity contribution in [1.82, 2.24) is 5.43 Å². The molecule has 6 heteroatoms. The summed E-state index contributed by atoms with van der Waals surface area (Å²) in [5.74, 6) is 2.04. The molecule has 0 saturated heterocycles. The molecule has 0 bridgehead atoms. The average molecular weight is 413 g/mol. The Balaban J connectivity index is 1.86. The molecule has 0 radical (unpaired) electrons. The van der Waals surface area contributed by atoms with Crippen LogP contribution < -0.4 is 19.6 Å². The Morgan fingerprint density at radius 1 is 1.07 bits per heavy atom. The second-order valence-corrected chi connectivity index (χ2v) is 7.24. The zero-order valence-electron chi connectivity index (χ0n) is 18.3. The van der Waals surface area contributed by atoms with E-state index in [-0.39, 0.29) is 12.5 Å². The van der Waals surface area contributed by atoms with Crippen LogP contribution in [0.25, 0.3) is 0 Å². The second-order valence-electron chi connectivity index (χ2n) is 7.24. The van der Waals surface area contributed by atoms with E-state index in [2.05, 4.69) is 31.3 Å². The van der Waals surface area contributed by atoms with Crippen LogP contribution in [-0.4, -0.2) is 32.4 Å². The largest absolute Gasteiger partial charge is 0.493 e. The highest BCUT2D eigenvalue weighted by molar-refractivity contribution is 5.83. The van der Waals surface area contributed by atoms with Crippen molar-refractivity contribution in [3.05, 3.63) is 53.6 Å². The molecule has 0 aliphatic heterocycles. The summed E-state index contributed by atoms with van der Waals surface area (Å²) in [5, 5.41) is 4.00. The van der Waals surface area contributed by atoms with Gasteiger partial charge in [0.15, 0.2) is 18.1 Å². The Kier molecular flexibility index (Phi) is 9.71. The van der Waals surface area contributed by atoms with Crippen LogP contribution in [0.15, 0.2) is 47.6 Å². The van der Waals surface area contributed by atoms with Crippen LogP contribution in [0.3, 0.4) is 0 Å². The first-order valence-electron chi connectivity index (χ1n) is 10.4. The number of nitrogens with zero attached hydrogens (tertiary/aromatic N) is 1. The summed E-state index contributed by atoms with van der Waals surface area (Å²) < 4.78 is 16.8. The highest BCUT2D eigenvalue weighted by Crippen LogP contribution is 2.28. The van der Waals surface area contributed by atoms with E-state index in [4.69, 9.17) is 14.2 Å². The fourth-order valence-corrected chi connectivity index (χ4v) is 2.86. The average Bonchev–Trinajstić information content (AvgIpc) is 2.76. The zero-order chi connectivity index (χ0) is 21.8. The molecule has 0 aliphatic carbocycles. The molecule has 30 heavy (non-hydrogen) atoms. The first-order valence-corrected chi connectivity index (χ1v) is 10.4. The Morgan fingerprint density at radius 2 is 1.87 bits per heavy atom. The quantitative estimate of drug-likeness (QED) is 0.305. The van der Waals surface area contributed by atoms with Crippen LogP contribution in [-0.2, 0) is 4.79 Å². The number of para-hydroxylation sites is 1. The minimum absolute atomic E-state index is 0.102. The van der Waals surface area contributed by atoms with Crippen LogP contribution in [0.1, 0.15) is 57.1 Å². The highest BCUT2D eigenvalue weighted by Gasteiger charge is 2.09. The normalized spacial score (nSPS) is 11.0. The summed E-state index contributed by atoms with van der Waals surface area (Å²) in [6.45, 7) is 6.89. The van der Waals surface area contributed by atoms with Gasteiger partial charge in [-0.1, -0.05) is 51.8 Å². The number of hydrogen-bond donors (Lipinski definition) is 1. The third-order valence-electron chi connectivity index (χ3n) is 4.50. The Hall–Kier alpha value is -3.02. The molecule has 0 saturated carbocycles. The van der Waals surface area contributed by atoms with Crippen LogP contribution >= 0.6 is 0 Å². The molecule has 0 atom stereocenters. The molecule has 0 fully saturated rings. The van der Waals surface area contributed by atoms with Gasteiger partial charge in [-0.15, -0.1) is 0 Å². The third-order valence-corrected chi connectivity index (χ3v) is 4.50. The number of rotatable bonds is 12. The molecule has 0 aliphatic rings. The first kappa shape index (κ1) is 23.3. The maximum atomic E-state index is 12.0. The minimum atomic E-state index is -0.326. The smallest absolute Gasteiger partial charge is 0.277 e. The fraction of sp³-hybridized carbons (Fsp3) is 0.417. The predicted octanol–water partition coefficient (Wildman–Crippen LogP) is 4.92. The lowest BCUT2D eigenvalue weighted by Gasteiger charge is -2.13. The number of amides is 1. The van der Waals surface area contributed by atoms with E-state index < -0.39 is 0 Å². The molecule has 162 valence electrons. The van der Waals surface area contributed by atoms with Crippen molar-refractivity contribution in [2.24, 2.45) is 5.10 Å². The molecule has 1 amide bonds. The van der Waals surface area contributed by atoms with Gasteiger partial charge in [0, 0.05) is 0 Å². The molecule has 2 aromatic rings. The van der Waals surface area contributed by atoms with Crippen molar-refractivity contribution in [2.75, 3.05) is 20.3 Å². The van der Waals surface area contributed by atoms with E-state index in [1.54, 1.807) is 13.3 Å². The van der Waals surface area contributed by atoms with Gasteiger partial charge in [0.1, 0.15) is 5.75 Å². The number of ether oxygens (including phenoxy) is 3. The fourth-order valence-electron chi connectivity index (χ4n) is 2.86. The molecule has 2 aromatic carbocycles. The van der Waals surface area contributed by atoms with Crippen molar-refractivity contribution in [3.63, 3.8) is 0 Å². The van der Waals surface area contributed by atoms with E-state index in [9.17, 15) is 4.79 Å². The summed E-state index contributed by atoms with van der Waals surface area (Å²) in [6, 6.07) is 13.2. The van der Waals surface area contributed by atoms with Crippen molar-refractivity contribution >= 4 is 12.1 Å². The monoisotopic (exact) mass is 412 g/mol. The number of methoxy groups -OCH3 is 1. The predicted molar refractivity (Wildman–Crippen MR) is 120 cm³/mol. The summed E-state index contributed by atoms with van der Waals surface area (Å²) in [7, 11) is 1.60. The van der Waals surface area contributed by atoms with Crippen LogP contribution in [0, 0.1) is 0 Å². The number of unbranched alkanes of at least 4 members (excludes halogenated alkanes) is 2. The molecule has 1 N–H and O–H groups in total. The Bertz CT molecular complexity index is 834. The SMILES string of the molecule is CCCCCOc1ccc(/C=N/NC(=O)COc2ccccc2C(C)C)cc1OC. The van der Waals surface area contributed by atoms with Crippen molar-refractivity contribution < 1.29 is 19.0 Å². The van der Waals surface area contributed by atoms with E-state index in [1.807, 2.05) is 42.5 Å². The number of carbonyl (C=O) groups excluding carboxylic acids is 1. The van der Waals surface area contributed by atoms with Crippen LogP contribution in [0.5, 0.6) is 17.2 Å². The topological polar surface area (TPSA) is 69.2 Å². The van der Waals surface area contributed by atoms with E-state index in [0.29, 0.717) is 29.8 Å². The maximum Gasteiger partial charge on any atom is 0.277 e. The third kappa shape index (κ3) is 7.43.